The molecule has 0 aliphatic carbocycles. The summed E-state index contributed by atoms with van der Waals surface area (Å²) < 4.78 is 2.43. The van der Waals surface area contributed by atoms with Gasteiger partial charge in [0.15, 0.2) is 5.16 Å². The number of carbonyl (C=O) groups is 1. The van der Waals surface area contributed by atoms with Crippen LogP contribution in [0.3, 0.4) is 0 Å². The number of carbonyl (C=O) groups excluding carboxylic acids is 1. The second kappa shape index (κ2) is 9.73. The van der Waals surface area contributed by atoms with Gasteiger partial charge in [0.25, 0.3) is 5.91 Å². The number of amides is 1. The third-order valence-electron chi connectivity index (χ3n) is 4.44. The zero-order valence-electron chi connectivity index (χ0n) is 16.0. The quantitative estimate of drug-likeness (QED) is 0.370. The minimum absolute atomic E-state index is 0.143. The molecule has 1 amide bonds. The van der Waals surface area contributed by atoms with Crippen LogP contribution in [0, 0.1) is 0 Å². The van der Waals surface area contributed by atoms with E-state index in [-0.39, 0.29) is 5.91 Å². The van der Waals surface area contributed by atoms with E-state index in [9.17, 15) is 4.79 Å². The Labute approximate surface area is 187 Å². The third kappa shape index (κ3) is 5.17. The first-order valence-electron chi connectivity index (χ1n) is 9.46. The molecule has 1 N–H and O–H groups in total. The molecule has 0 aliphatic rings. The number of nitrogens with zero attached hydrogens (tertiary/aromatic N) is 3. The summed E-state index contributed by atoms with van der Waals surface area (Å²) in [7, 11) is 0. The fraction of sp³-hybridized carbons (Fsp3) is 0.0870. The van der Waals surface area contributed by atoms with Crippen molar-refractivity contribution in [3.63, 3.8) is 0 Å². The molecule has 3 aromatic carbocycles. The molecule has 30 heavy (non-hydrogen) atoms. The molecule has 0 spiro atoms. The van der Waals surface area contributed by atoms with Crippen LogP contribution >= 0.6 is 27.7 Å². The molecule has 0 fully saturated rings. The first-order chi connectivity index (χ1) is 14.7. The molecule has 1 aromatic heterocycles. The van der Waals surface area contributed by atoms with Crippen molar-refractivity contribution >= 4 is 39.3 Å². The number of hydrogen-bond acceptors (Lipinski definition) is 4. The lowest BCUT2D eigenvalue weighted by molar-refractivity contribution is 0.102. The van der Waals surface area contributed by atoms with Gasteiger partial charge in [-0.15, -0.1) is 5.10 Å². The van der Waals surface area contributed by atoms with Gasteiger partial charge >= 0.3 is 0 Å². The van der Waals surface area contributed by atoms with E-state index in [1.54, 1.807) is 12.1 Å². The maximum absolute atomic E-state index is 12.6. The van der Waals surface area contributed by atoms with Crippen LogP contribution in [0.25, 0.3) is 0 Å². The van der Waals surface area contributed by atoms with E-state index < -0.39 is 0 Å². The highest BCUT2D eigenvalue weighted by molar-refractivity contribution is 9.10. The summed E-state index contributed by atoms with van der Waals surface area (Å²) in [5, 5.41) is 8.24. The van der Waals surface area contributed by atoms with E-state index in [1.165, 1.54) is 17.3 Å². The average Bonchev–Trinajstić information content (AvgIpc) is 3.14. The summed E-state index contributed by atoms with van der Waals surface area (Å²) in [5.41, 5.74) is 2.60. The van der Waals surface area contributed by atoms with Crippen LogP contribution in [0.1, 0.15) is 15.9 Å². The molecule has 1 heterocycles. The zero-order valence-corrected chi connectivity index (χ0v) is 18.4. The van der Waals surface area contributed by atoms with Crippen LogP contribution in [0.2, 0.25) is 0 Å². The van der Waals surface area contributed by atoms with Gasteiger partial charge in [-0.25, -0.2) is 4.68 Å². The normalized spacial score (nSPS) is 10.7. The Morgan fingerprint density at radius 3 is 2.37 bits per heavy atom. The number of aryl methyl sites for hydroxylation is 2. The van der Waals surface area contributed by atoms with Crippen LogP contribution in [0.5, 0.6) is 0 Å². The van der Waals surface area contributed by atoms with Gasteiger partial charge in [-0.1, -0.05) is 60.7 Å². The number of para-hydroxylation sites is 1. The lowest BCUT2D eigenvalue weighted by Crippen LogP contribution is -2.12. The van der Waals surface area contributed by atoms with Gasteiger partial charge in [-0.3, -0.25) is 4.79 Å². The van der Waals surface area contributed by atoms with Gasteiger partial charge < -0.3 is 5.32 Å². The molecule has 7 heteroatoms. The second-order valence-corrected chi connectivity index (χ2v) is 8.26. The summed E-state index contributed by atoms with van der Waals surface area (Å²) in [6, 6.07) is 27.2. The maximum atomic E-state index is 12.6. The fourth-order valence-corrected chi connectivity index (χ4v) is 4.36. The molecular weight excluding hydrogens is 460 g/mol. The van der Waals surface area contributed by atoms with Crippen molar-refractivity contribution in [2.75, 3.05) is 5.32 Å². The number of rotatable bonds is 7. The van der Waals surface area contributed by atoms with E-state index in [4.69, 9.17) is 0 Å². The van der Waals surface area contributed by atoms with Crippen molar-refractivity contribution in [2.24, 2.45) is 0 Å². The summed E-state index contributed by atoms with van der Waals surface area (Å²) in [6.45, 7) is 0.712. The lowest BCUT2D eigenvalue weighted by Gasteiger charge is -2.11. The molecule has 5 nitrogen and oxygen atoms in total. The minimum Gasteiger partial charge on any atom is -0.321 e. The van der Waals surface area contributed by atoms with Gasteiger partial charge in [0.2, 0.25) is 4.73 Å². The molecule has 0 saturated heterocycles. The molecule has 0 saturated carbocycles. The van der Waals surface area contributed by atoms with E-state index in [0.717, 1.165) is 22.2 Å². The predicted octanol–water partition coefficient (Wildman–Crippen LogP) is 5.69. The number of halogens is 1. The number of aromatic nitrogens is 3. The topological polar surface area (TPSA) is 59.8 Å². The highest BCUT2D eigenvalue weighted by atomic mass is 79.9. The minimum atomic E-state index is -0.143. The molecule has 4 rings (SSSR count). The molecule has 0 radical (unpaired) electrons. The third-order valence-corrected chi connectivity index (χ3v) is 5.84. The highest BCUT2D eigenvalue weighted by Crippen LogP contribution is 2.33. The molecule has 4 aromatic rings. The Hall–Kier alpha value is -2.90. The van der Waals surface area contributed by atoms with Gasteiger partial charge in [-0.2, -0.15) is 4.98 Å². The highest BCUT2D eigenvalue weighted by Gasteiger charge is 2.14. The van der Waals surface area contributed by atoms with Crippen molar-refractivity contribution in [3.05, 3.63) is 101 Å². The predicted molar refractivity (Wildman–Crippen MR) is 123 cm³/mol. The molecule has 0 aliphatic heterocycles. The van der Waals surface area contributed by atoms with Gasteiger partial charge in [0.05, 0.1) is 5.69 Å². The van der Waals surface area contributed by atoms with Gasteiger partial charge in [-0.05, 0) is 63.9 Å². The molecule has 150 valence electrons. The molecule has 0 bridgehead atoms. The van der Waals surface area contributed by atoms with E-state index in [1.807, 2.05) is 65.3 Å². The Morgan fingerprint density at radius 1 is 0.933 bits per heavy atom. The van der Waals surface area contributed by atoms with Crippen LogP contribution in [0.15, 0.2) is 99.7 Å². The summed E-state index contributed by atoms with van der Waals surface area (Å²) in [5.74, 6) is -0.143. The van der Waals surface area contributed by atoms with Crippen LogP contribution in [0.4, 0.5) is 5.69 Å². The fourth-order valence-electron chi connectivity index (χ4n) is 2.94. The van der Waals surface area contributed by atoms with Gasteiger partial charge in [0, 0.05) is 17.0 Å². The molecule has 0 atom stereocenters. The molecule has 0 unspecified atom stereocenters. The van der Waals surface area contributed by atoms with Crippen LogP contribution in [-0.2, 0) is 13.0 Å². The Balaban J connectivity index is 1.52. The monoisotopic (exact) mass is 478 g/mol. The molecular formula is C23H19BrN4OS. The van der Waals surface area contributed by atoms with E-state index in [2.05, 4.69) is 43.5 Å². The second-order valence-electron chi connectivity index (χ2n) is 6.54. The SMILES string of the molecule is O=C(Nc1ccccc1Sc1nc(Br)nn1CCc1ccccc1)c1ccccc1. The van der Waals surface area contributed by atoms with Crippen molar-refractivity contribution in [3.8, 4) is 0 Å². The summed E-state index contributed by atoms with van der Waals surface area (Å²) in [4.78, 5) is 18.0. The van der Waals surface area contributed by atoms with E-state index in [0.29, 0.717) is 16.8 Å². The maximum Gasteiger partial charge on any atom is 0.255 e. The first kappa shape index (κ1) is 20.4. The van der Waals surface area contributed by atoms with Crippen molar-refractivity contribution < 1.29 is 4.79 Å². The number of nitrogens with one attached hydrogen (secondary N) is 1. The van der Waals surface area contributed by atoms with Crippen molar-refractivity contribution in [1.29, 1.82) is 0 Å². The van der Waals surface area contributed by atoms with Crippen molar-refractivity contribution in [1.82, 2.24) is 14.8 Å². The first-order valence-corrected chi connectivity index (χ1v) is 11.1. The summed E-state index contributed by atoms with van der Waals surface area (Å²) >= 11 is 4.86. The summed E-state index contributed by atoms with van der Waals surface area (Å²) in [6.07, 6.45) is 0.858. The lowest BCUT2D eigenvalue weighted by atomic mass is 10.2. The van der Waals surface area contributed by atoms with Crippen molar-refractivity contribution in [2.45, 2.75) is 23.0 Å². The van der Waals surface area contributed by atoms with Crippen LogP contribution < -0.4 is 5.32 Å². The Kier molecular flexibility index (Phi) is 6.61. The Bertz CT molecular complexity index is 1130. The largest absolute Gasteiger partial charge is 0.321 e. The number of anilines is 1. The van der Waals surface area contributed by atoms with Crippen LogP contribution in [-0.4, -0.2) is 20.7 Å². The van der Waals surface area contributed by atoms with E-state index >= 15 is 0 Å². The standard InChI is InChI=1S/C23H19BrN4OS/c24-22-26-23(28(27-22)16-15-17-9-3-1-4-10-17)30-20-14-8-7-13-19(20)25-21(29)18-11-5-2-6-12-18/h1-14H,15-16H2,(H,25,29). The average molecular weight is 479 g/mol. The number of benzene rings is 3. The van der Waals surface area contributed by atoms with Gasteiger partial charge in [0.1, 0.15) is 0 Å². The zero-order chi connectivity index (χ0) is 20.8. The smallest absolute Gasteiger partial charge is 0.255 e. The Morgan fingerprint density at radius 2 is 1.60 bits per heavy atom. The number of hydrogen-bond donors (Lipinski definition) is 1.